The number of aliphatic carboxylic acids is 1. The van der Waals surface area contributed by atoms with Crippen LogP contribution < -0.4 is 21.7 Å². The van der Waals surface area contributed by atoms with Gasteiger partial charge in [-0.3, -0.25) is 24.1 Å². The number of β-lactam (4-membered cyclic amide) rings is 1. The molecule has 4 aromatic rings. The number of hydrogen-bond donors (Lipinski definition) is 5. The molecule has 1 aromatic heterocycles. The number of amides is 3. The quantitative estimate of drug-likeness (QED) is 0.0215. The number of nitrogens with one attached hydrogen (secondary N) is 3. The van der Waals surface area contributed by atoms with Gasteiger partial charge in [-0.2, -0.15) is 22.5 Å². The predicted molar refractivity (Wildman–Crippen MR) is 236 cm³/mol. The number of carbonyl (C=O) groups excluding carboxylic acids is 4. The number of nitrogen functional groups attached to an aromatic ring is 1. The molecule has 0 bridgehead atoms. The molecular formula is C45H41F3N8O8S2. The van der Waals surface area contributed by atoms with Crippen molar-refractivity contribution in [3.8, 4) is 0 Å². The van der Waals surface area contributed by atoms with Crippen LogP contribution in [0.5, 0.6) is 0 Å². The molecule has 3 amide bonds. The Hall–Kier alpha value is -6.84. The number of aromatic nitrogens is 2. The fraction of sp³-hybridized carbons (Fsp3) is 0.289. The number of alkyl halides is 3. The van der Waals surface area contributed by atoms with E-state index in [1.165, 1.54) is 6.08 Å². The van der Waals surface area contributed by atoms with E-state index >= 15 is 0 Å². The lowest BCUT2D eigenvalue weighted by Gasteiger charge is -2.50. The van der Waals surface area contributed by atoms with Gasteiger partial charge in [-0.15, -0.1) is 11.8 Å². The van der Waals surface area contributed by atoms with Gasteiger partial charge in [0.2, 0.25) is 23.0 Å². The number of carboxylic acids is 1. The van der Waals surface area contributed by atoms with Crippen LogP contribution in [0.4, 0.5) is 18.3 Å². The van der Waals surface area contributed by atoms with Crippen LogP contribution in [0, 0.1) is 17.8 Å². The van der Waals surface area contributed by atoms with Crippen molar-refractivity contribution in [2.24, 2.45) is 22.9 Å². The fourth-order valence-electron chi connectivity index (χ4n) is 8.82. The summed E-state index contributed by atoms with van der Waals surface area (Å²) in [6.07, 6.45) is -3.61. The summed E-state index contributed by atoms with van der Waals surface area (Å²) in [5, 5.41) is 22.1. The lowest BCUT2D eigenvalue weighted by Crippen LogP contribution is -2.71. The third kappa shape index (κ3) is 8.56. The highest BCUT2D eigenvalue weighted by atomic mass is 32.2. The predicted octanol–water partition coefficient (Wildman–Crippen LogP) is 4.13. The summed E-state index contributed by atoms with van der Waals surface area (Å²) in [4.78, 5) is 81.0. The number of hydrogen-bond acceptors (Lipinski definition) is 14. The number of nitrogens with two attached hydrogens (primary N) is 1. The summed E-state index contributed by atoms with van der Waals surface area (Å²) >= 11 is 1.76. The van der Waals surface area contributed by atoms with Crippen molar-refractivity contribution in [2.45, 2.75) is 29.6 Å². The molecular weight excluding hydrogens is 902 g/mol. The third-order valence-corrected chi connectivity index (χ3v) is 13.6. The topological polar surface area (TPSA) is 228 Å². The molecule has 66 heavy (non-hydrogen) atoms. The van der Waals surface area contributed by atoms with Gasteiger partial charge in [0.15, 0.2) is 5.13 Å². The Morgan fingerprint density at radius 2 is 1.62 bits per heavy atom. The Morgan fingerprint density at radius 3 is 2.14 bits per heavy atom. The van der Waals surface area contributed by atoms with Gasteiger partial charge in [-0.1, -0.05) is 109 Å². The molecule has 3 fully saturated rings. The van der Waals surface area contributed by atoms with E-state index in [-0.39, 0.29) is 59.5 Å². The van der Waals surface area contributed by atoms with E-state index < -0.39 is 88.6 Å². The molecule has 4 aliphatic rings. The van der Waals surface area contributed by atoms with E-state index in [0.717, 1.165) is 28.2 Å². The average Bonchev–Trinajstić information content (AvgIpc) is 4.10. The van der Waals surface area contributed by atoms with E-state index in [4.69, 9.17) is 15.3 Å². The van der Waals surface area contributed by atoms with E-state index in [1.54, 1.807) is 0 Å². The van der Waals surface area contributed by atoms with E-state index in [2.05, 4.69) is 37.0 Å². The molecule has 3 saturated heterocycles. The molecule has 1 unspecified atom stereocenters. The summed E-state index contributed by atoms with van der Waals surface area (Å²) in [7, 11) is 0. The Labute approximate surface area is 383 Å². The molecule has 0 radical (unpaired) electrons. The van der Waals surface area contributed by atoms with Crippen LogP contribution >= 0.6 is 23.3 Å². The standard InChI is InChI=1S/C45H41F3N8O8S2/c1-2-20-63-42(62)32(28-21-50-22-30(28)45(46,47)48)31(27-18-19-51-37(27)57)29-23-65-40-34(39(59)56(40)35(29)41(60)61)52-38(58)33(36-53-43(49)66-55-36)54-64-44(24-12-6-3-7-13-24,25-14-8-4-9-15-25)26-16-10-5-11-17-26/h2-17,28,30,32,34,40,50H,1,18-23H2,(H,51,57)(H,52,58)(H,60,61)(H2,49,53,55)/t28-,30+,32?,34-,40-/m1/s1. The molecule has 342 valence electrons. The van der Waals surface area contributed by atoms with E-state index in [9.17, 15) is 42.3 Å². The molecule has 8 rings (SSSR count). The first-order valence-electron chi connectivity index (χ1n) is 20.6. The minimum atomic E-state index is -4.78. The SMILES string of the molecule is C=CCOC(=O)C(C(=C1CCNC1=O)C1=C(C(=O)O)N2C(=O)[C@@H](NC(=O)C(=NOC(c3ccccc3)(c3ccccc3)c3ccccc3)c3nsc(N)n3)[C@H]2SC1)[C@@H]1CNC[C@@H]1C(F)(F)F. The first kappa shape index (κ1) is 45.7. The highest BCUT2D eigenvalue weighted by Crippen LogP contribution is 2.49. The number of benzene rings is 3. The van der Waals surface area contributed by atoms with Crippen molar-refractivity contribution in [3.63, 3.8) is 0 Å². The zero-order valence-corrected chi connectivity index (χ0v) is 36.3. The number of fused-ring (bicyclic) bond motifs is 1. The third-order valence-electron chi connectivity index (χ3n) is 11.7. The summed E-state index contributed by atoms with van der Waals surface area (Å²) in [6.45, 7) is 2.36. The maximum absolute atomic E-state index is 14.5. The summed E-state index contributed by atoms with van der Waals surface area (Å²) < 4.78 is 53.2. The van der Waals surface area contributed by atoms with Crippen LogP contribution in [0.2, 0.25) is 0 Å². The monoisotopic (exact) mass is 942 g/mol. The Bertz CT molecular complexity index is 2550. The second kappa shape index (κ2) is 18.9. The molecule has 0 aliphatic carbocycles. The number of nitrogens with zero attached hydrogens (tertiary/aromatic N) is 4. The molecule has 16 nitrogen and oxygen atoms in total. The number of rotatable bonds is 15. The van der Waals surface area contributed by atoms with E-state index in [0.29, 0.717) is 16.7 Å². The lowest BCUT2D eigenvalue weighted by atomic mass is 9.74. The number of oxime groups is 1. The van der Waals surface area contributed by atoms with Crippen molar-refractivity contribution >= 4 is 63.8 Å². The van der Waals surface area contributed by atoms with Gasteiger partial charge in [0, 0.05) is 58.6 Å². The highest BCUT2D eigenvalue weighted by molar-refractivity contribution is 8.00. The summed E-state index contributed by atoms with van der Waals surface area (Å²) in [5.74, 6) is -11.2. The minimum Gasteiger partial charge on any atom is -0.477 e. The number of halogens is 3. The first-order valence-corrected chi connectivity index (χ1v) is 22.4. The molecule has 21 heteroatoms. The smallest absolute Gasteiger partial charge is 0.393 e. The summed E-state index contributed by atoms with van der Waals surface area (Å²) in [6, 6.07) is 26.1. The molecule has 4 aliphatic heterocycles. The van der Waals surface area contributed by atoms with Gasteiger partial charge in [0.05, 0.1) is 11.8 Å². The number of esters is 1. The van der Waals surface area contributed by atoms with Gasteiger partial charge in [-0.05, 0) is 24.1 Å². The molecule has 5 atom stereocenters. The number of ether oxygens (including phenoxy) is 1. The lowest BCUT2D eigenvalue weighted by molar-refractivity contribution is -0.185. The fourth-order valence-corrected chi connectivity index (χ4v) is 10.6. The normalized spacial score (nSPS) is 22.2. The maximum atomic E-state index is 14.5. The molecule has 0 spiro atoms. The van der Waals surface area contributed by atoms with Crippen LogP contribution in [0.15, 0.2) is 131 Å². The number of thioether (sulfide) groups is 1. The van der Waals surface area contributed by atoms with Crippen molar-refractivity contribution < 1.29 is 51.8 Å². The molecule has 6 N–H and O–H groups in total. The zero-order chi connectivity index (χ0) is 46.8. The average molecular weight is 943 g/mol. The largest absolute Gasteiger partial charge is 0.477 e. The summed E-state index contributed by atoms with van der Waals surface area (Å²) in [5.41, 5.74) is 4.76. The van der Waals surface area contributed by atoms with Gasteiger partial charge in [0.25, 0.3) is 11.8 Å². The van der Waals surface area contributed by atoms with Crippen LogP contribution in [-0.4, -0.2) is 104 Å². The zero-order valence-electron chi connectivity index (χ0n) is 34.7. The Kier molecular flexibility index (Phi) is 13.1. The number of carbonyl (C=O) groups is 5. The molecule has 3 aromatic carbocycles. The van der Waals surface area contributed by atoms with Gasteiger partial charge in [0.1, 0.15) is 23.7 Å². The van der Waals surface area contributed by atoms with Crippen molar-refractivity contribution in [3.05, 3.63) is 149 Å². The van der Waals surface area contributed by atoms with Gasteiger partial charge >= 0.3 is 18.1 Å². The molecule has 5 heterocycles. The van der Waals surface area contributed by atoms with Crippen molar-refractivity contribution in [1.82, 2.24) is 30.2 Å². The second-order valence-corrected chi connectivity index (χ2v) is 17.4. The van der Waals surface area contributed by atoms with Gasteiger partial charge < -0.3 is 36.4 Å². The highest BCUT2D eigenvalue weighted by Gasteiger charge is 2.58. The van der Waals surface area contributed by atoms with Crippen molar-refractivity contribution in [2.75, 3.05) is 37.7 Å². The molecule has 0 saturated carbocycles. The van der Waals surface area contributed by atoms with Crippen LogP contribution in [0.3, 0.4) is 0 Å². The first-order chi connectivity index (χ1) is 31.8. The van der Waals surface area contributed by atoms with E-state index in [1.807, 2.05) is 91.0 Å². The Morgan fingerprint density at radius 1 is 1.00 bits per heavy atom. The van der Waals surface area contributed by atoms with Crippen LogP contribution in [0.1, 0.15) is 28.9 Å². The van der Waals surface area contributed by atoms with Crippen LogP contribution in [0.25, 0.3) is 0 Å². The minimum absolute atomic E-state index is 0.00840. The number of anilines is 1. The van der Waals surface area contributed by atoms with Gasteiger partial charge in [-0.25, -0.2) is 4.79 Å². The maximum Gasteiger partial charge on any atom is 0.393 e. The second-order valence-electron chi connectivity index (χ2n) is 15.5. The van der Waals surface area contributed by atoms with Crippen LogP contribution in [-0.2, 0) is 39.1 Å². The number of carboxylic acid groups (broad SMARTS) is 1. The van der Waals surface area contributed by atoms with Crippen molar-refractivity contribution in [1.29, 1.82) is 0 Å². The Balaban J connectivity index is 1.17.